The first kappa shape index (κ1) is 16.9. The molecule has 1 aromatic carbocycles. The maximum Gasteiger partial charge on any atom is 0.254 e. The number of halogens is 1. The standard InChI is InChI=1S/C18H21BrN4O/c19-15-9-5-6-10-16(15)23-18-20-11-13(12-21-18)17(24)22-14-7-3-1-2-4-8-14/h5-6,9-12,14H,1-4,7-8H2,(H,22,24)(H,20,21,23). The van der Waals surface area contributed by atoms with E-state index in [-0.39, 0.29) is 11.9 Å². The van der Waals surface area contributed by atoms with Gasteiger partial charge in [-0.15, -0.1) is 0 Å². The number of amides is 1. The van der Waals surface area contributed by atoms with Gasteiger partial charge in [-0.1, -0.05) is 37.8 Å². The van der Waals surface area contributed by atoms with Gasteiger partial charge in [0.25, 0.3) is 5.91 Å². The van der Waals surface area contributed by atoms with E-state index >= 15 is 0 Å². The summed E-state index contributed by atoms with van der Waals surface area (Å²) in [5, 5.41) is 6.23. The van der Waals surface area contributed by atoms with Crippen LogP contribution >= 0.6 is 15.9 Å². The van der Waals surface area contributed by atoms with E-state index in [0.29, 0.717) is 11.5 Å². The van der Waals surface area contributed by atoms with Crippen molar-refractivity contribution in [3.8, 4) is 0 Å². The van der Waals surface area contributed by atoms with Gasteiger partial charge in [-0.25, -0.2) is 9.97 Å². The summed E-state index contributed by atoms with van der Waals surface area (Å²) in [5.41, 5.74) is 1.38. The predicted octanol–water partition coefficient (Wildman–Crippen LogP) is 4.44. The van der Waals surface area contributed by atoms with Gasteiger partial charge in [0.1, 0.15) is 0 Å². The number of para-hydroxylation sites is 1. The quantitative estimate of drug-likeness (QED) is 0.759. The Hall–Kier alpha value is -1.95. The molecular weight excluding hydrogens is 368 g/mol. The molecule has 1 aromatic heterocycles. The average Bonchev–Trinajstić information content (AvgIpc) is 2.86. The van der Waals surface area contributed by atoms with E-state index in [9.17, 15) is 4.79 Å². The van der Waals surface area contributed by atoms with Crippen molar-refractivity contribution in [3.05, 3.63) is 46.7 Å². The van der Waals surface area contributed by atoms with Crippen molar-refractivity contribution < 1.29 is 4.79 Å². The Kier molecular flexibility index (Phi) is 5.80. The van der Waals surface area contributed by atoms with Crippen molar-refractivity contribution in [2.75, 3.05) is 5.32 Å². The fraction of sp³-hybridized carbons (Fsp3) is 0.389. The van der Waals surface area contributed by atoms with Crippen LogP contribution in [0.2, 0.25) is 0 Å². The topological polar surface area (TPSA) is 66.9 Å². The molecule has 0 aliphatic heterocycles. The third-order valence-electron chi connectivity index (χ3n) is 4.22. The van der Waals surface area contributed by atoms with E-state index in [2.05, 4.69) is 36.5 Å². The smallest absolute Gasteiger partial charge is 0.254 e. The van der Waals surface area contributed by atoms with E-state index in [1.165, 1.54) is 25.7 Å². The van der Waals surface area contributed by atoms with Crippen molar-refractivity contribution in [1.29, 1.82) is 0 Å². The van der Waals surface area contributed by atoms with Gasteiger partial charge in [-0.2, -0.15) is 0 Å². The lowest BCUT2D eigenvalue weighted by Gasteiger charge is -2.16. The molecular formula is C18H21BrN4O. The van der Waals surface area contributed by atoms with E-state index in [1.54, 1.807) is 12.4 Å². The van der Waals surface area contributed by atoms with Crippen molar-refractivity contribution in [1.82, 2.24) is 15.3 Å². The third-order valence-corrected chi connectivity index (χ3v) is 4.92. The number of anilines is 2. The normalized spacial score (nSPS) is 15.5. The fourth-order valence-corrected chi connectivity index (χ4v) is 3.27. The first-order valence-corrected chi connectivity index (χ1v) is 9.16. The number of nitrogens with one attached hydrogen (secondary N) is 2. The van der Waals surface area contributed by atoms with E-state index in [4.69, 9.17) is 0 Å². The molecule has 6 heteroatoms. The first-order valence-electron chi connectivity index (χ1n) is 8.37. The highest BCUT2D eigenvalue weighted by Crippen LogP contribution is 2.23. The molecule has 126 valence electrons. The lowest BCUT2D eigenvalue weighted by Crippen LogP contribution is -2.34. The van der Waals surface area contributed by atoms with Crippen LogP contribution in [0.25, 0.3) is 0 Å². The average molecular weight is 389 g/mol. The highest BCUT2D eigenvalue weighted by atomic mass is 79.9. The molecule has 0 unspecified atom stereocenters. The van der Waals surface area contributed by atoms with E-state index in [0.717, 1.165) is 23.0 Å². The summed E-state index contributed by atoms with van der Waals surface area (Å²) in [4.78, 5) is 20.8. The molecule has 0 radical (unpaired) electrons. The van der Waals surface area contributed by atoms with Crippen LogP contribution in [-0.4, -0.2) is 21.9 Å². The van der Waals surface area contributed by atoms with Crippen LogP contribution in [0.1, 0.15) is 48.9 Å². The highest BCUT2D eigenvalue weighted by molar-refractivity contribution is 9.10. The minimum absolute atomic E-state index is 0.0886. The van der Waals surface area contributed by atoms with Crippen LogP contribution in [0.4, 0.5) is 11.6 Å². The van der Waals surface area contributed by atoms with E-state index < -0.39 is 0 Å². The Morgan fingerprint density at radius 3 is 2.38 bits per heavy atom. The molecule has 1 saturated carbocycles. The lowest BCUT2D eigenvalue weighted by molar-refractivity contribution is 0.0932. The summed E-state index contributed by atoms with van der Waals surface area (Å²) in [6.07, 6.45) is 10.2. The number of aromatic nitrogens is 2. The Morgan fingerprint density at radius 1 is 1.04 bits per heavy atom. The second-order valence-electron chi connectivity index (χ2n) is 6.06. The van der Waals surface area contributed by atoms with Gasteiger partial charge >= 0.3 is 0 Å². The molecule has 1 heterocycles. The van der Waals surface area contributed by atoms with Gasteiger partial charge < -0.3 is 10.6 Å². The molecule has 0 spiro atoms. The van der Waals surface area contributed by atoms with Crippen molar-refractivity contribution in [3.63, 3.8) is 0 Å². The Morgan fingerprint density at radius 2 is 1.71 bits per heavy atom. The van der Waals surface area contributed by atoms with Gasteiger partial charge in [0.05, 0.1) is 11.3 Å². The lowest BCUT2D eigenvalue weighted by atomic mass is 10.1. The number of carbonyl (C=O) groups excluding carboxylic acids is 1. The van der Waals surface area contributed by atoms with Crippen LogP contribution < -0.4 is 10.6 Å². The number of hydrogen-bond donors (Lipinski definition) is 2. The van der Waals surface area contributed by atoms with Crippen molar-refractivity contribution in [2.45, 2.75) is 44.6 Å². The summed E-state index contributed by atoms with van der Waals surface area (Å²) in [6, 6.07) is 8.02. The second-order valence-corrected chi connectivity index (χ2v) is 6.92. The van der Waals surface area contributed by atoms with Crippen molar-refractivity contribution in [2.24, 2.45) is 0 Å². The number of carbonyl (C=O) groups is 1. The van der Waals surface area contributed by atoms with Crippen LogP contribution in [0.15, 0.2) is 41.1 Å². The summed E-state index contributed by atoms with van der Waals surface area (Å²) < 4.78 is 0.934. The number of nitrogens with zero attached hydrogens (tertiary/aromatic N) is 2. The maximum absolute atomic E-state index is 12.3. The molecule has 1 aliphatic carbocycles. The minimum atomic E-state index is -0.0886. The molecule has 2 N–H and O–H groups in total. The molecule has 1 aliphatic rings. The van der Waals surface area contributed by atoms with Gasteiger partial charge in [0.2, 0.25) is 5.95 Å². The molecule has 0 atom stereocenters. The first-order chi connectivity index (χ1) is 11.7. The highest BCUT2D eigenvalue weighted by Gasteiger charge is 2.16. The second kappa shape index (κ2) is 8.24. The zero-order valence-corrected chi connectivity index (χ0v) is 15.1. The van der Waals surface area contributed by atoms with Gasteiger partial charge in [0.15, 0.2) is 0 Å². The zero-order valence-electron chi connectivity index (χ0n) is 13.5. The SMILES string of the molecule is O=C(NC1CCCCCC1)c1cnc(Nc2ccccc2Br)nc1. The summed E-state index contributed by atoms with van der Waals surface area (Å²) in [5.74, 6) is 0.377. The fourth-order valence-electron chi connectivity index (χ4n) is 2.89. The van der Waals surface area contributed by atoms with Crippen LogP contribution in [0.3, 0.4) is 0 Å². The van der Waals surface area contributed by atoms with Gasteiger partial charge in [-0.3, -0.25) is 4.79 Å². The molecule has 2 aromatic rings. The Balaban J connectivity index is 1.61. The molecule has 3 rings (SSSR count). The molecule has 0 saturated heterocycles. The predicted molar refractivity (Wildman–Crippen MR) is 98.4 cm³/mol. The summed E-state index contributed by atoms with van der Waals surface area (Å²) in [7, 11) is 0. The maximum atomic E-state index is 12.3. The van der Waals surface area contributed by atoms with Crippen molar-refractivity contribution >= 4 is 33.5 Å². The van der Waals surface area contributed by atoms with E-state index in [1.807, 2.05) is 24.3 Å². The number of hydrogen-bond acceptors (Lipinski definition) is 4. The largest absolute Gasteiger partial charge is 0.349 e. The number of rotatable bonds is 4. The van der Waals surface area contributed by atoms with Gasteiger partial charge in [-0.05, 0) is 40.9 Å². The molecule has 1 fully saturated rings. The minimum Gasteiger partial charge on any atom is -0.349 e. The zero-order chi connectivity index (χ0) is 16.8. The van der Waals surface area contributed by atoms with Crippen LogP contribution in [-0.2, 0) is 0 Å². The summed E-state index contributed by atoms with van der Waals surface area (Å²) >= 11 is 3.47. The number of benzene rings is 1. The molecule has 5 nitrogen and oxygen atoms in total. The monoisotopic (exact) mass is 388 g/mol. The Labute approximate surface area is 150 Å². The molecule has 0 bridgehead atoms. The Bertz CT molecular complexity index is 682. The van der Waals surface area contributed by atoms with Gasteiger partial charge in [0, 0.05) is 22.9 Å². The summed E-state index contributed by atoms with van der Waals surface area (Å²) in [6.45, 7) is 0. The molecule has 1 amide bonds. The third kappa shape index (κ3) is 4.54. The molecule has 24 heavy (non-hydrogen) atoms. The van der Waals surface area contributed by atoms with Crippen LogP contribution in [0.5, 0.6) is 0 Å². The van der Waals surface area contributed by atoms with Crippen LogP contribution in [0, 0.1) is 0 Å².